The first-order valence-electron chi connectivity index (χ1n) is 12.5. The van der Waals surface area contributed by atoms with E-state index in [2.05, 4.69) is 10.3 Å². The monoisotopic (exact) mass is 474 g/mol. The number of amides is 3. The molecule has 34 heavy (non-hydrogen) atoms. The van der Waals surface area contributed by atoms with Crippen molar-refractivity contribution in [1.29, 1.82) is 0 Å². The van der Waals surface area contributed by atoms with E-state index in [9.17, 15) is 19.2 Å². The van der Waals surface area contributed by atoms with Gasteiger partial charge >= 0.3 is 5.97 Å². The molecule has 3 amide bonds. The van der Waals surface area contributed by atoms with Crippen molar-refractivity contribution >= 4 is 23.7 Å². The Morgan fingerprint density at radius 2 is 1.97 bits per heavy atom. The minimum atomic E-state index is -0.377. The first-order valence-corrected chi connectivity index (χ1v) is 12.5. The van der Waals surface area contributed by atoms with Gasteiger partial charge in [-0.1, -0.05) is 0 Å². The van der Waals surface area contributed by atoms with Crippen LogP contribution >= 0.6 is 0 Å². The molecule has 0 aromatic carbocycles. The number of esters is 1. The van der Waals surface area contributed by atoms with Crippen LogP contribution in [-0.2, 0) is 25.5 Å². The second-order valence-electron chi connectivity index (χ2n) is 9.26. The van der Waals surface area contributed by atoms with Gasteiger partial charge in [-0.15, -0.1) is 0 Å². The third-order valence-electron chi connectivity index (χ3n) is 6.88. The van der Waals surface area contributed by atoms with Crippen molar-refractivity contribution in [3.8, 4) is 0 Å². The number of nitrogens with one attached hydrogen (secondary N) is 2. The largest absolute Gasteiger partial charge is 0.461 e. The molecule has 0 spiro atoms. The van der Waals surface area contributed by atoms with E-state index >= 15 is 0 Å². The number of aromatic nitrogens is 1. The van der Waals surface area contributed by atoms with Crippen LogP contribution in [0.5, 0.6) is 0 Å². The van der Waals surface area contributed by atoms with E-state index in [1.54, 1.807) is 11.8 Å². The number of piperidine rings is 1. The summed E-state index contributed by atoms with van der Waals surface area (Å²) in [5, 5.41) is 2.98. The number of carbonyl (C=O) groups excluding carboxylic acids is 4. The summed E-state index contributed by atoms with van der Waals surface area (Å²) in [4.78, 5) is 56.1. The molecule has 2 fully saturated rings. The Labute approximate surface area is 201 Å². The van der Waals surface area contributed by atoms with Crippen molar-refractivity contribution in [2.75, 3.05) is 39.3 Å². The zero-order valence-corrected chi connectivity index (χ0v) is 20.7. The van der Waals surface area contributed by atoms with Crippen LogP contribution in [-0.4, -0.2) is 77.8 Å². The van der Waals surface area contributed by atoms with Crippen molar-refractivity contribution in [2.24, 2.45) is 5.92 Å². The lowest BCUT2D eigenvalue weighted by molar-refractivity contribution is -0.135. The van der Waals surface area contributed by atoms with Crippen LogP contribution in [0, 0.1) is 19.8 Å². The lowest BCUT2D eigenvalue weighted by Crippen LogP contribution is -2.45. The minimum Gasteiger partial charge on any atom is -0.461 e. The predicted molar refractivity (Wildman–Crippen MR) is 127 cm³/mol. The Kier molecular flexibility index (Phi) is 9.12. The number of aromatic amines is 1. The molecule has 1 unspecified atom stereocenters. The molecule has 2 aliphatic heterocycles. The molecular formula is C25H38N4O5. The zero-order valence-electron chi connectivity index (χ0n) is 20.7. The van der Waals surface area contributed by atoms with E-state index in [1.165, 1.54) is 0 Å². The molecule has 3 rings (SSSR count). The maximum absolute atomic E-state index is 12.9. The molecule has 1 aromatic rings. The van der Waals surface area contributed by atoms with Crippen LogP contribution in [0.2, 0.25) is 0 Å². The van der Waals surface area contributed by atoms with Gasteiger partial charge in [-0.3, -0.25) is 14.4 Å². The maximum atomic E-state index is 12.9. The maximum Gasteiger partial charge on any atom is 0.355 e. The summed E-state index contributed by atoms with van der Waals surface area (Å²) in [5.41, 5.74) is 3.12. The summed E-state index contributed by atoms with van der Waals surface area (Å²) in [7, 11) is 0. The molecule has 188 valence electrons. The Balaban J connectivity index is 1.44. The van der Waals surface area contributed by atoms with E-state index in [-0.39, 0.29) is 29.6 Å². The molecule has 3 heterocycles. The van der Waals surface area contributed by atoms with E-state index < -0.39 is 0 Å². The first-order chi connectivity index (χ1) is 16.3. The van der Waals surface area contributed by atoms with E-state index in [1.807, 2.05) is 18.7 Å². The number of H-pyrrole nitrogens is 1. The molecule has 1 atom stereocenters. The Morgan fingerprint density at radius 3 is 2.68 bits per heavy atom. The summed E-state index contributed by atoms with van der Waals surface area (Å²) in [5.74, 6) is -0.353. The summed E-state index contributed by atoms with van der Waals surface area (Å²) in [6.07, 6.45) is 4.76. The average Bonchev–Trinajstić information content (AvgIpc) is 3.36. The van der Waals surface area contributed by atoms with Gasteiger partial charge in [0.25, 0.3) is 0 Å². The summed E-state index contributed by atoms with van der Waals surface area (Å²) in [6.45, 7) is 9.00. The fraction of sp³-hybridized carbons (Fsp3) is 0.680. The molecule has 1 aromatic heterocycles. The quantitative estimate of drug-likeness (QED) is 0.398. The van der Waals surface area contributed by atoms with Crippen LogP contribution in [0.3, 0.4) is 0 Å². The third-order valence-corrected chi connectivity index (χ3v) is 6.88. The minimum absolute atomic E-state index is 0.0124. The van der Waals surface area contributed by atoms with Crippen LogP contribution < -0.4 is 5.32 Å². The topological polar surface area (TPSA) is 112 Å². The van der Waals surface area contributed by atoms with Crippen molar-refractivity contribution in [3.63, 3.8) is 0 Å². The van der Waals surface area contributed by atoms with E-state index in [0.717, 1.165) is 49.0 Å². The van der Waals surface area contributed by atoms with Crippen LogP contribution in [0.25, 0.3) is 0 Å². The number of ether oxygens (including phenoxy) is 1. The fourth-order valence-corrected chi connectivity index (χ4v) is 4.95. The molecule has 2 N–H and O–H groups in total. The van der Waals surface area contributed by atoms with Gasteiger partial charge in [0, 0.05) is 51.3 Å². The SMILES string of the molecule is CCOC(=O)c1[nH]c(C)c(CCC(=O)N2CCCC(C(=O)NCCCN3CCCC3=O)C2)c1C. The summed E-state index contributed by atoms with van der Waals surface area (Å²) >= 11 is 0. The van der Waals surface area contributed by atoms with Gasteiger partial charge < -0.3 is 24.8 Å². The van der Waals surface area contributed by atoms with E-state index in [4.69, 9.17) is 4.74 Å². The molecule has 9 heteroatoms. The highest BCUT2D eigenvalue weighted by Gasteiger charge is 2.29. The number of carbonyl (C=O) groups is 4. The second kappa shape index (κ2) is 12.0. The second-order valence-corrected chi connectivity index (χ2v) is 9.26. The molecule has 0 radical (unpaired) electrons. The van der Waals surface area contributed by atoms with Gasteiger partial charge in [0.1, 0.15) is 5.69 Å². The van der Waals surface area contributed by atoms with Crippen LogP contribution in [0.1, 0.15) is 72.8 Å². The zero-order chi connectivity index (χ0) is 24.7. The van der Waals surface area contributed by atoms with Gasteiger partial charge in [-0.05, 0) is 64.0 Å². The number of aryl methyl sites for hydroxylation is 1. The Hall–Kier alpha value is -2.84. The molecule has 0 aliphatic carbocycles. The lowest BCUT2D eigenvalue weighted by atomic mass is 9.96. The molecular weight excluding hydrogens is 436 g/mol. The highest BCUT2D eigenvalue weighted by molar-refractivity contribution is 5.90. The highest BCUT2D eigenvalue weighted by Crippen LogP contribution is 2.22. The molecule has 0 bridgehead atoms. The normalized spacial score (nSPS) is 18.3. The van der Waals surface area contributed by atoms with Crippen LogP contribution in [0.15, 0.2) is 0 Å². The van der Waals surface area contributed by atoms with Gasteiger partial charge in [0.2, 0.25) is 17.7 Å². The van der Waals surface area contributed by atoms with Crippen molar-refractivity contribution in [1.82, 2.24) is 20.1 Å². The molecule has 0 saturated carbocycles. The van der Waals surface area contributed by atoms with Crippen LogP contribution in [0.4, 0.5) is 0 Å². The van der Waals surface area contributed by atoms with Crippen molar-refractivity contribution in [3.05, 3.63) is 22.5 Å². The predicted octanol–water partition coefficient (Wildman–Crippen LogP) is 2.11. The molecule has 2 aliphatic rings. The van der Waals surface area contributed by atoms with Gasteiger partial charge in [0.05, 0.1) is 12.5 Å². The van der Waals surface area contributed by atoms with Gasteiger partial charge in [-0.25, -0.2) is 4.79 Å². The first kappa shape index (κ1) is 25.8. The lowest BCUT2D eigenvalue weighted by Gasteiger charge is -2.32. The third kappa shape index (κ3) is 6.39. The van der Waals surface area contributed by atoms with Gasteiger partial charge in [-0.2, -0.15) is 0 Å². The molecule has 9 nitrogen and oxygen atoms in total. The molecule has 2 saturated heterocycles. The number of nitrogens with zero attached hydrogens (tertiary/aromatic N) is 2. The Bertz CT molecular complexity index is 909. The van der Waals surface area contributed by atoms with Gasteiger partial charge in [0.15, 0.2) is 0 Å². The Morgan fingerprint density at radius 1 is 1.18 bits per heavy atom. The number of hydrogen-bond donors (Lipinski definition) is 2. The van der Waals surface area contributed by atoms with Crippen molar-refractivity contribution in [2.45, 2.75) is 65.7 Å². The number of likely N-dealkylation sites (tertiary alicyclic amines) is 2. The van der Waals surface area contributed by atoms with E-state index in [0.29, 0.717) is 57.7 Å². The fourth-order valence-electron chi connectivity index (χ4n) is 4.95. The summed E-state index contributed by atoms with van der Waals surface area (Å²) in [6, 6.07) is 0. The van der Waals surface area contributed by atoms with Crippen molar-refractivity contribution < 1.29 is 23.9 Å². The number of hydrogen-bond acceptors (Lipinski definition) is 5. The smallest absolute Gasteiger partial charge is 0.355 e. The standard InChI is InChI=1S/C25H38N4O5/c1-4-34-25(33)23-17(2)20(18(3)27-23)10-11-22(31)29-14-5-8-19(16-29)24(32)26-12-7-15-28-13-6-9-21(28)30/h19,27H,4-16H2,1-3H3,(H,26,32). The number of rotatable bonds is 10. The average molecular weight is 475 g/mol. The summed E-state index contributed by atoms with van der Waals surface area (Å²) < 4.78 is 5.10. The highest BCUT2D eigenvalue weighted by atomic mass is 16.5.